The number of carbonyl (C=O) groups is 2. The Morgan fingerprint density at radius 2 is 1.85 bits per heavy atom. The molecule has 0 unspecified atom stereocenters. The van der Waals surface area contributed by atoms with Crippen LogP contribution in [0, 0.1) is 6.92 Å². The van der Waals surface area contributed by atoms with Gasteiger partial charge in [-0.1, -0.05) is 36.4 Å². The number of nitrogens with one attached hydrogen (secondary N) is 1. The number of esters is 1. The van der Waals surface area contributed by atoms with Crippen LogP contribution in [0.3, 0.4) is 0 Å². The maximum absolute atomic E-state index is 12.8. The fourth-order valence-electron chi connectivity index (χ4n) is 3.55. The van der Waals surface area contributed by atoms with E-state index in [1.807, 2.05) is 55.5 Å². The quantitative estimate of drug-likeness (QED) is 0.718. The molecule has 1 aromatic heterocycles. The van der Waals surface area contributed by atoms with Gasteiger partial charge in [0.1, 0.15) is 0 Å². The van der Waals surface area contributed by atoms with E-state index in [-0.39, 0.29) is 12.5 Å². The SMILES string of the molecule is Cc1ccccc1NC(=O)COC(=O)c1c2c(nc3ccccc13)CCC2. The summed E-state index contributed by atoms with van der Waals surface area (Å²) in [7, 11) is 0. The van der Waals surface area contributed by atoms with E-state index in [1.54, 1.807) is 0 Å². The van der Waals surface area contributed by atoms with Crippen molar-refractivity contribution in [2.24, 2.45) is 0 Å². The molecule has 0 radical (unpaired) electrons. The first-order valence-electron chi connectivity index (χ1n) is 9.06. The number of fused-ring (bicyclic) bond motifs is 2. The minimum Gasteiger partial charge on any atom is -0.452 e. The zero-order chi connectivity index (χ0) is 18.8. The number of nitrogens with zero attached hydrogens (tertiary/aromatic N) is 1. The molecule has 0 fully saturated rings. The van der Waals surface area contributed by atoms with Crippen molar-refractivity contribution in [2.75, 3.05) is 11.9 Å². The van der Waals surface area contributed by atoms with E-state index in [0.29, 0.717) is 11.3 Å². The highest BCUT2D eigenvalue weighted by Gasteiger charge is 2.25. The number of pyridine rings is 1. The molecule has 5 nitrogen and oxygen atoms in total. The van der Waals surface area contributed by atoms with Crippen LogP contribution in [0.5, 0.6) is 0 Å². The summed E-state index contributed by atoms with van der Waals surface area (Å²) in [4.78, 5) is 29.7. The number of carbonyl (C=O) groups excluding carboxylic acids is 2. The van der Waals surface area contributed by atoms with E-state index < -0.39 is 5.97 Å². The van der Waals surface area contributed by atoms with Gasteiger partial charge in [0.25, 0.3) is 5.91 Å². The number of rotatable bonds is 4. The smallest absolute Gasteiger partial charge is 0.339 e. The summed E-state index contributed by atoms with van der Waals surface area (Å²) in [5.41, 5.74) is 4.93. The number of aromatic nitrogens is 1. The minimum absolute atomic E-state index is 0.321. The number of aryl methyl sites for hydroxylation is 2. The van der Waals surface area contributed by atoms with E-state index in [2.05, 4.69) is 10.3 Å². The van der Waals surface area contributed by atoms with Crippen molar-refractivity contribution in [1.82, 2.24) is 4.98 Å². The van der Waals surface area contributed by atoms with Crippen molar-refractivity contribution in [1.29, 1.82) is 0 Å². The molecule has 1 N–H and O–H groups in total. The molecule has 5 heteroatoms. The largest absolute Gasteiger partial charge is 0.452 e. The Morgan fingerprint density at radius 3 is 2.70 bits per heavy atom. The van der Waals surface area contributed by atoms with Gasteiger partial charge in [0, 0.05) is 16.8 Å². The first-order valence-corrected chi connectivity index (χ1v) is 9.06. The van der Waals surface area contributed by atoms with Crippen molar-refractivity contribution in [3.63, 3.8) is 0 Å². The van der Waals surface area contributed by atoms with Gasteiger partial charge in [0.15, 0.2) is 6.61 Å². The normalized spacial score (nSPS) is 12.6. The molecular formula is C22H20N2O3. The lowest BCUT2D eigenvalue weighted by atomic mass is 10.0. The first kappa shape index (κ1) is 17.2. The lowest BCUT2D eigenvalue weighted by molar-refractivity contribution is -0.119. The lowest BCUT2D eigenvalue weighted by Crippen LogP contribution is -2.22. The van der Waals surface area contributed by atoms with Crippen LogP contribution < -0.4 is 5.32 Å². The topological polar surface area (TPSA) is 68.3 Å². The number of ether oxygens (including phenoxy) is 1. The summed E-state index contributed by atoms with van der Waals surface area (Å²) in [5, 5.41) is 3.56. The van der Waals surface area contributed by atoms with E-state index in [4.69, 9.17) is 4.74 Å². The summed E-state index contributed by atoms with van der Waals surface area (Å²) in [5.74, 6) is -0.820. The van der Waals surface area contributed by atoms with Gasteiger partial charge in [-0.15, -0.1) is 0 Å². The van der Waals surface area contributed by atoms with E-state index in [1.165, 1.54) is 0 Å². The van der Waals surface area contributed by atoms with E-state index >= 15 is 0 Å². The second-order valence-corrected chi connectivity index (χ2v) is 6.72. The molecule has 4 rings (SSSR count). The maximum atomic E-state index is 12.8. The number of anilines is 1. The van der Waals surface area contributed by atoms with Crippen LogP contribution in [0.15, 0.2) is 48.5 Å². The predicted molar refractivity (Wildman–Crippen MR) is 104 cm³/mol. The first-order chi connectivity index (χ1) is 13.1. The second-order valence-electron chi connectivity index (χ2n) is 6.72. The molecule has 27 heavy (non-hydrogen) atoms. The third-order valence-corrected chi connectivity index (χ3v) is 4.88. The summed E-state index contributed by atoms with van der Waals surface area (Å²) in [6, 6.07) is 15.0. The molecular weight excluding hydrogens is 340 g/mol. The zero-order valence-corrected chi connectivity index (χ0v) is 15.1. The van der Waals surface area contributed by atoms with Gasteiger partial charge in [-0.05, 0) is 49.4 Å². The van der Waals surface area contributed by atoms with E-state index in [0.717, 1.165) is 47.0 Å². The van der Waals surface area contributed by atoms with Gasteiger partial charge in [0.05, 0.1) is 11.1 Å². The number of benzene rings is 2. The number of amides is 1. The Labute approximate surface area is 157 Å². The maximum Gasteiger partial charge on any atom is 0.339 e. The number of para-hydroxylation sites is 2. The standard InChI is InChI=1S/C22H20N2O3/c1-14-7-2-4-10-17(14)24-20(25)13-27-22(26)21-15-8-3-5-11-18(15)23-19-12-6-9-16(19)21/h2-5,7-8,10-11H,6,9,12-13H2,1H3,(H,24,25). The highest BCUT2D eigenvalue weighted by Crippen LogP contribution is 2.30. The van der Waals surface area contributed by atoms with Crippen LogP contribution in [-0.4, -0.2) is 23.5 Å². The third kappa shape index (κ3) is 3.40. The second kappa shape index (κ2) is 7.19. The van der Waals surface area contributed by atoms with Crippen LogP contribution in [-0.2, 0) is 22.4 Å². The summed E-state index contributed by atoms with van der Waals surface area (Å²) < 4.78 is 5.36. The van der Waals surface area contributed by atoms with Crippen LogP contribution in [0.4, 0.5) is 5.69 Å². The summed E-state index contributed by atoms with van der Waals surface area (Å²) in [6.45, 7) is 1.59. The van der Waals surface area contributed by atoms with Gasteiger partial charge < -0.3 is 10.1 Å². The molecule has 1 amide bonds. The Hall–Kier alpha value is -3.21. The fourth-order valence-corrected chi connectivity index (χ4v) is 3.55. The summed E-state index contributed by atoms with van der Waals surface area (Å²) in [6.07, 6.45) is 2.66. The van der Waals surface area contributed by atoms with Crippen molar-refractivity contribution < 1.29 is 14.3 Å². The fraction of sp³-hybridized carbons (Fsp3) is 0.227. The number of hydrogen-bond donors (Lipinski definition) is 1. The molecule has 136 valence electrons. The van der Waals surface area contributed by atoms with Gasteiger partial charge in [-0.2, -0.15) is 0 Å². The Bertz CT molecular complexity index is 1040. The Balaban J connectivity index is 1.54. The van der Waals surface area contributed by atoms with Crippen LogP contribution in [0.1, 0.15) is 33.6 Å². The Morgan fingerprint density at radius 1 is 1.07 bits per heavy atom. The van der Waals surface area contributed by atoms with Gasteiger partial charge in [-0.25, -0.2) is 4.79 Å². The summed E-state index contributed by atoms with van der Waals surface area (Å²) >= 11 is 0. The molecule has 2 aromatic carbocycles. The molecule has 1 aliphatic carbocycles. The predicted octanol–water partition coefficient (Wildman–Crippen LogP) is 3.83. The van der Waals surface area contributed by atoms with Crippen molar-refractivity contribution >= 4 is 28.5 Å². The van der Waals surface area contributed by atoms with Crippen LogP contribution in [0.25, 0.3) is 10.9 Å². The molecule has 0 saturated carbocycles. The van der Waals surface area contributed by atoms with Crippen molar-refractivity contribution in [3.8, 4) is 0 Å². The van der Waals surface area contributed by atoms with Crippen LogP contribution >= 0.6 is 0 Å². The number of hydrogen-bond acceptors (Lipinski definition) is 4. The van der Waals surface area contributed by atoms with Crippen molar-refractivity contribution in [3.05, 3.63) is 70.9 Å². The highest BCUT2D eigenvalue weighted by atomic mass is 16.5. The molecule has 1 aliphatic rings. The minimum atomic E-state index is -0.466. The molecule has 3 aromatic rings. The van der Waals surface area contributed by atoms with Gasteiger partial charge in [0.2, 0.25) is 0 Å². The molecule has 0 aliphatic heterocycles. The average molecular weight is 360 g/mol. The van der Waals surface area contributed by atoms with E-state index in [9.17, 15) is 9.59 Å². The van der Waals surface area contributed by atoms with Gasteiger partial charge >= 0.3 is 5.97 Å². The van der Waals surface area contributed by atoms with Gasteiger partial charge in [-0.3, -0.25) is 9.78 Å². The zero-order valence-electron chi connectivity index (χ0n) is 15.1. The molecule has 0 saturated heterocycles. The molecule has 0 atom stereocenters. The lowest BCUT2D eigenvalue weighted by Gasteiger charge is -2.12. The molecule has 1 heterocycles. The molecule has 0 bridgehead atoms. The highest BCUT2D eigenvalue weighted by molar-refractivity contribution is 6.06. The average Bonchev–Trinajstić information content (AvgIpc) is 3.14. The molecule has 0 spiro atoms. The van der Waals surface area contributed by atoms with Crippen LogP contribution in [0.2, 0.25) is 0 Å². The third-order valence-electron chi connectivity index (χ3n) is 4.88. The monoisotopic (exact) mass is 360 g/mol. The van der Waals surface area contributed by atoms with Crippen molar-refractivity contribution in [2.45, 2.75) is 26.2 Å². The Kier molecular flexibility index (Phi) is 4.59.